The highest BCUT2D eigenvalue weighted by Crippen LogP contribution is 2.36. The number of carbonyl (C=O) groups excluding carboxylic acids is 1. The Hall–Kier alpha value is -2.23. The number of Topliss-reactive ketones (excluding diaryl/α,β-unsaturated/α-hetero) is 1. The highest BCUT2D eigenvalue weighted by molar-refractivity contribution is 5.83. The summed E-state index contributed by atoms with van der Waals surface area (Å²) in [5.74, 6) is -1.35. The molecule has 150 valence electrons. The van der Waals surface area contributed by atoms with Crippen LogP contribution in [0.25, 0.3) is 0 Å². The van der Waals surface area contributed by atoms with Crippen LogP contribution in [0.1, 0.15) is 55.0 Å². The Labute approximate surface area is 166 Å². The Morgan fingerprint density at radius 2 is 1.82 bits per heavy atom. The van der Waals surface area contributed by atoms with Crippen molar-refractivity contribution in [2.24, 2.45) is 5.41 Å². The van der Waals surface area contributed by atoms with E-state index in [1.165, 1.54) is 23.3 Å². The third-order valence-corrected chi connectivity index (χ3v) is 5.48. The first kappa shape index (κ1) is 20.5. The molecule has 28 heavy (non-hydrogen) atoms. The lowest BCUT2D eigenvalue weighted by Crippen LogP contribution is -2.20. The number of benzene rings is 2. The molecule has 0 saturated carbocycles. The van der Waals surface area contributed by atoms with E-state index in [9.17, 15) is 13.6 Å². The first-order valence-electron chi connectivity index (χ1n) is 9.87. The SMILES string of the molecule is Cc1cc2c(c(C)c1CC(=O)CC(C)(C)C)CCN2Cc1ccc(F)c(F)c1. The molecule has 0 spiro atoms. The van der Waals surface area contributed by atoms with Crippen molar-refractivity contribution in [1.82, 2.24) is 0 Å². The lowest BCUT2D eigenvalue weighted by atomic mass is 9.86. The van der Waals surface area contributed by atoms with Crippen LogP contribution in [-0.4, -0.2) is 12.3 Å². The van der Waals surface area contributed by atoms with Gasteiger partial charge in [-0.2, -0.15) is 0 Å². The molecule has 0 amide bonds. The Bertz CT molecular complexity index is 912. The first-order valence-corrected chi connectivity index (χ1v) is 9.87. The fourth-order valence-corrected chi connectivity index (χ4v) is 4.16. The van der Waals surface area contributed by atoms with Gasteiger partial charge in [-0.15, -0.1) is 0 Å². The maximum absolute atomic E-state index is 13.5. The Morgan fingerprint density at radius 1 is 1.11 bits per heavy atom. The summed E-state index contributed by atoms with van der Waals surface area (Å²) in [6.07, 6.45) is 1.96. The molecular weight excluding hydrogens is 356 g/mol. The van der Waals surface area contributed by atoms with E-state index in [0.29, 0.717) is 19.4 Å². The monoisotopic (exact) mass is 385 g/mol. The number of hydrogen-bond donors (Lipinski definition) is 0. The van der Waals surface area contributed by atoms with Gasteiger partial charge in [0.15, 0.2) is 11.6 Å². The molecule has 0 fully saturated rings. The van der Waals surface area contributed by atoms with Gasteiger partial charge in [-0.25, -0.2) is 8.78 Å². The van der Waals surface area contributed by atoms with E-state index in [1.807, 2.05) is 0 Å². The fraction of sp³-hybridized carbons (Fsp3) is 0.458. The number of nitrogens with zero attached hydrogens (tertiary/aromatic N) is 1. The highest BCUT2D eigenvalue weighted by Gasteiger charge is 2.25. The van der Waals surface area contributed by atoms with Crippen LogP contribution in [0.15, 0.2) is 24.3 Å². The summed E-state index contributed by atoms with van der Waals surface area (Å²) in [5, 5.41) is 0. The van der Waals surface area contributed by atoms with Crippen LogP contribution in [0.4, 0.5) is 14.5 Å². The summed E-state index contributed by atoms with van der Waals surface area (Å²) in [6, 6.07) is 6.24. The van der Waals surface area contributed by atoms with Crippen molar-refractivity contribution in [2.75, 3.05) is 11.4 Å². The summed E-state index contributed by atoms with van der Waals surface area (Å²) in [4.78, 5) is 14.7. The summed E-state index contributed by atoms with van der Waals surface area (Å²) in [7, 11) is 0. The highest BCUT2D eigenvalue weighted by atomic mass is 19.2. The molecule has 1 heterocycles. The number of ketones is 1. The summed E-state index contributed by atoms with van der Waals surface area (Å²) < 4.78 is 26.7. The Kier molecular flexibility index (Phi) is 5.60. The quantitative estimate of drug-likeness (QED) is 0.659. The van der Waals surface area contributed by atoms with Gasteiger partial charge >= 0.3 is 0 Å². The number of anilines is 1. The average Bonchev–Trinajstić information content (AvgIpc) is 2.96. The molecule has 0 aromatic heterocycles. The lowest BCUT2D eigenvalue weighted by Gasteiger charge is -2.22. The number of halogens is 2. The maximum Gasteiger partial charge on any atom is 0.159 e. The van der Waals surface area contributed by atoms with Crippen LogP contribution in [0.3, 0.4) is 0 Å². The van der Waals surface area contributed by atoms with Gasteiger partial charge in [-0.3, -0.25) is 4.79 Å². The van der Waals surface area contributed by atoms with Gasteiger partial charge in [0.05, 0.1) is 0 Å². The van der Waals surface area contributed by atoms with Crippen molar-refractivity contribution in [2.45, 2.75) is 60.4 Å². The third-order valence-electron chi connectivity index (χ3n) is 5.48. The molecule has 0 unspecified atom stereocenters. The van der Waals surface area contributed by atoms with E-state index in [4.69, 9.17) is 0 Å². The number of rotatable bonds is 5. The molecule has 3 rings (SSSR count). The van der Waals surface area contributed by atoms with Gasteiger partial charge in [0.2, 0.25) is 0 Å². The molecule has 0 bridgehead atoms. The number of fused-ring (bicyclic) bond motifs is 1. The van der Waals surface area contributed by atoms with E-state index < -0.39 is 11.6 Å². The minimum absolute atomic E-state index is 0.00312. The number of aryl methyl sites for hydroxylation is 1. The molecule has 1 aliphatic rings. The molecule has 1 aliphatic heterocycles. The van der Waals surface area contributed by atoms with Crippen LogP contribution in [0, 0.1) is 30.9 Å². The molecule has 0 N–H and O–H groups in total. The topological polar surface area (TPSA) is 20.3 Å². The van der Waals surface area contributed by atoms with Gasteiger partial charge < -0.3 is 4.90 Å². The molecular formula is C24H29F2NO. The molecule has 4 heteroatoms. The van der Waals surface area contributed by atoms with Crippen molar-refractivity contribution >= 4 is 11.5 Å². The zero-order chi connectivity index (χ0) is 20.6. The standard InChI is InChI=1S/C24H29F2NO/c1-15-10-23-19(16(2)20(15)12-18(28)13-24(3,4)5)8-9-27(23)14-17-6-7-21(25)22(26)11-17/h6-7,10-11H,8-9,12-14H2,1-5H3. The van der Waals surface area contributed by atoms with Gasteiger partial charge in [0, 0.05) is 31.6 Å². The van der Waals surface area contributed by atoms with E-state index >= 15 is 0 Å². The van der Waals surface area contributed by atoms with Gasteiger partial charge in [-0.05, 0) is 71.7 Å². The second-order valence-corrected chi connectivity index (χ2v) is 9.17. The van der Waals surface area contributed by atoms with E-state index in [-0.39, 0.29) is 11.2 Å². The van der Waals surface area contributed by atoms with Crippen LogP contribution in [0.5, 0.6) is 0 Å². The Balaban J connectivity index is 1.84. The van der Waals surface area contributed by atoms with E-state index in [1.54, 1.807) is 6.07 Å². The van der Waals surface area contributed by atoms with Crippen LogP contribution in [-0.2, 0) is 24.2 Å². The summed E-state index contributed by atoms with van der Waals surface area (Å²) >= 11 is 0. The van der Waals surface area contributed by atoms with Crippen molar-refractivity contribution in [3.63, 3.8) is 0 Å². The van der Waals surface area contributed by atoms with Gasteiger partial charge in [-0.1, -0.05) is 26.8 Å². The molecule has 0 atom stereocenters. The minimum atomic E-state index is -0.818. The third kappa shape index (κ3) is 4.43. The van der Waals surface area contributed by atoms with Crippen LogP contribution in [0.2, 0.25) is 0 Å². The summed E-state index contributed by atoms with van der Waals surface area (Å²) in [6.45, 7) is 11.8. The predicted molar refractivity (Wildman–Crippen MR) is 110 cm³/mol. The molecule has 0 aliphatic carbocycles. The number of hydrogen-bond acceptors (Lipinski definition) is 2. The molecule has 2 aromatic rings. The first-order chi connectivity index (χ1) is 13.0. The second-order valence-electron chi connectivity index (χ2n) is 9.17. The molecule has 0 radical (unpaired) electrons. The Morgan fingerprint density at radius 3 is 2.46 bits per heavy atom. The van der Waals surface area contributed by atoms with Crippen molar-refractivity contribution in [3.8, 4) is 0 Å². The molecule has 0 saturated heterocycles. The van der Waals surface area contributed by atoms with Crippen molar-refractivity contribution in [3.05, 3.63) is 63.7 Å². The van der Waals surface area contributed by atoms with Gasteiger partial charge in [0.1, 0.15) is 5.78 Å². The molecule has 2 nitrogen and oxygen atoms in total. The van der Waals surface area contributed by atoms with Crippen molar-refractivity contribution in [1.29, 1.82) is 0 Å². The zero-order valence-electron chi connectivity index (χ0n) is 17.5. The van der Waals surface area contributed by atoms with E-state index in [2.05, 4.69) is 45.6 Å². The minimum Gasteiger partial charge on any atom is -0.367 e. The second kappa shape index (κ2) is 7.65. The maximum atomic E-state index is 13.5. The largest absolute Gasteiger partial charge is 0.367 e. The lowest BCUT2D eigenvalue weighted by molar-refractivity contribution is -0.120. The van der Waals surface area contributed by atoms with Gasteiger partial charge in [0.25, 0.3) is 0 Å². The fourth-order valence-electron chi connectivity index (χ4n) is 4.16. The number of carbonyl (C=O) groups is 1. The van der Waals surface area contributed by atoms with Crippen LogP contribution < -0.4 is 4.90 Å². The average molecular weight is 385 g/mol. The summed E-state index contributed by atoms with van der Waals surface area (Å²) in [5.41, 5.74) is 6.63. The van der Waals surface area contributed by atoms with Crippen LogP contribution >= 0.6 is 0 Å². The van der Waals surface area contributed by atoms with Crippen molar-refractivity contribution < 1.29 is 13.6 Å². The normalized spacial score (nSPS) is 13.8. The smallest absolute Gasteiger partial charge is 0.159 e. The molecule has 2 aromatic carbocycles. The predicted octanol–water partition coefficient (Wildman–Crippen LogP) is 5.69. The zero-order valence-corrected chi connectivity index (χ0v) is 17.5. The van der Waals surface area contributed by atoms with E-state index in [0.717, 1.165) is 35.3 Å².